The number of hydrogen-bond acceptors (Lipinski definition) is 2. The van der Waals surface area contributed by atoms with Crippen LogP contribution in [0.25, 0.3) is 0 Å². The first kappa shape index (κ1) is 13.7. The van der Waals surface area contributed by atoms with Crippen LogP contribution in [0.4, 0.5) is 5.69 Å². The number of hydrogen-bond donors (Lipinski definition) is 1. The number of piperazine rings is 1. The molecule has 1 aromatic rings. The van der Waals surface area contributed by atoms with Crippen LogP contribution in [0.2, 0.25) is 0 Å². The van der Waals surface area contributed by atoms with Gasteiger partial charge >= 0.3 is 0 Å². The van der Waals surface area contributed by atoms with Gasteiger partial charge in [0.15, 0.2) is 0 Å². The molecular weight excluding hydrogens is 347 g/mol. The molecular formula is C16H23IN2. The summed E-state index contributed by atoms with van der Waals surface area (Å²) in [6.45, 7) is 6.98. The van der Waals surface area contributed by atoms with Crippen molar-refractivity contribution in [1.29, 1.82) is 0 Å². The lowest BCUT2D eigenvalue weighted by atomic mass is 9.96. The third-order valence-electron chi connectivity index (χ3n) is 4.48. The summed E-state index contributed by atoms with van der Waals surface area (Å²) in [4.78, 5) is 2.65. The molecule has 1 aliphatic carbocycles. The van der Waals surface area contributed by atoms with Crippen molar-refractivity contribution in [3.63, 3.8) is 0 Å². The standard InChI is InChI=1S/C16H23IN2/c1-11(2)16-9-18-15(12-6-7-12)10-19(16)14-5-3-4-13(17)8-14/h3-5,8,11-12,15-16,18H,6-7,9-10H2,1-2H3. The summed E-state index contributed by atoms with van der Waals surface area (Å²) < 4.78 is 1.33. The fourth-order valence-corrected chi connectivity index (χ4v) is 3.68. The molecule has 2 unspecified atom stereocenters. The van der Waals surface area contributed by atoms with E-state index in [0.717, 1.165) is 12.5 Å². The lowest BCUT2D eigenvalue weighted by molar-refractivity contribution is 0.320. The van der Waals surface area contributed by atoms with E-state index in [1.54, 1.807) is 0 Å². The number of anilines is 1. The molecule has 1 aliphatic heterocycles. The Kier molecular flexibility index (Phi) is 4.03. The van der Waals surface area contributed by atoms with Gasteiger partial charge in [-0.1, -0.05) is 19.9 Å². The van der Waals surface area contributed by atoms with Gasteiger partial charge in [0.25, 0.3) is 0 Å². The average Bonchev–Trinajstić information content (AvgIpc) is 3.22. The Bertz CT molecular complexity index is 442. The van der Waals surface area contributed by atoms with Crippen LogP contribution in [0.5, 0.6) is 0 Å². The van der Waals surface area contributed by atoms with Crippen molar-refractivity contribution in [3.8, 4) is 0 Å². The highest BCUT2D eigenvalue weighted by molar-refractivity contribution is 14.1. The normalized spacial score (nSPS) is 27.9. The van der Waals surface area contributed by atoms with Crippen LogP contribution in [0.15, 0.2) is 24.3 Å². The smallest absolute Gasteiger partial charge is 0.0438 e. The fourth-order valence-electron chi connectivity index (χ4n) is 3.16. The molecule has 0 spiro atoms. The van der Waals surface area contributed by atoms with E-state index in [4.69, 9.17) is 0 Å². The Balaban J connectivity index is 1.83. The predicted molar refractivity (Wildman–Crippen MR) is 89.6 cm³/mol. The monoisotopic (exact) mass is 370 g/mol. The van der Waals surface area contributed by atoms with Gasteiger partial charge in [-0.2, -0.15) is 0 Å². The van der Waals surface area contributed by atoms with E-state index in [9.17, 15) is 0 Å². The van der Waals surface area contributed by atoms with Crippen LogP contribution in [-0.2, 0) is 0 Å². The number of halogens is 1. The molecule has 104 valence electrons. The summed E-state index contributed by atoms with van der Waals surface area (Å²) in [7, 11) is 0. The minimum atomic E-state index is 0.619. The molecule has 1 heterocycles. The molecule has 1 N–H and O–H groups in total. The zero-order valence-corrected chi connectivity index (χ0v) is 13.9. The Labute approximate surface area is 130 Å². The topological polar surface area (TPSA) is 15.3 Å². The second-order valence-corrected chi connectivity index (χ2v) is 7.54. The van der Waals surface area contributed by atoms with E-state index in [1.165, 1.54) is 28.6 Å². The van der Waals surface area contributed by atoms with Crippen molar-refractivity contribution < 1.29 is 0 Å². The van der Waals surface area contributed by atoms with Crippen LogP contribution in [0.3, 0.4) is 0 Å². The quantitative estimate of drug-likeness (QED) is 0.820. The number of rotatable bonds is 3. The zero-order chi connectivity index (χ0) is 13.4. The van der Waals surface area contributed by atoms with Crippen LogP contribution in [0, 0.1) is 15.4 Å². The maximum atomic E-state index is 3.78. The third-order valence-corrected chi connectivity index (χ3v) is 5.15. The third kappa shape index (κ3) is 3.07. The largest absolute Gasteiger partial charge is 0.365 e. The van der Waals surface area contributed by atoms with Gasteiger partial charge in [-0.3, -0.25) is 0 Å². The minimum absolute atomic E-state index is 0.619. The van der Waals surface area contributed by atoms with Crippen molar-refractivity contribution in [1.82, 2.24) is 5.32 Å². The molecule has 0 radical (unpaired) electrons. The molecule has 3 heteroatoms. The van der Waals surface area contributed by atoms with Gasteiger partial charge in [-0.05, 0) is 65.5 Å². The maximum absolute atomic E-state index is 3.78. The summed E-state index contributed by atoms with van der Waals surface area (Å²) in [6.07, 6.45) is 2.84. The Morgan fingerprint density at radius 2 is 2.11 bits per heavy atom. The first-order valence-electron chi connectivity index (χ1n) is 7.40. The lowest BCUT2D eigenvalue weighted by Gasteiger charge is -2.44. The van der Waals surface area contributed by atoms with Gasteiger partial charge in [-0.25, -0.2) is 0 Å². The highest BCUT2D eigenvalue weighted by Crippen LogP contribution is 2.36. The van der Waals surface area contributed by atoms with Crippen molar-refractivity contribution in [3.05, 3.63) is 27.8 Å². The summed E-state index contributed by atoms with van der Waals surface area (Å²) >= 11 is 2.41. The van der Waals surface area contributed by atoms with Crippen LogP contribution < -0.4 is 10.2 Å². The first-order valence-corrected chi connectivity index (χ1v) is 8.48. The molecule has 2 nitrogen and oxygen atoms in total. The molecule has 2 fully saturated rings. The SMILES string of the molecule is CC(C)C1CNC(C2CC2)CN1c1cccc(I)c1. The summed E-state index contributed by atoms with van der Waals surface area (Å²) in [5, 5.41) is 3.78. The van der Waals surface area contributed by atoms with Gasteiger partial charge in [0.1, 0.15) is 0 Å². The van der Waals surface area contributed by atoms with Crippen molar-refractivity contribution in [2.24, 2.45) is 11.8 Å². The molecule has 3 rings (SSSR count). The van der Waals surface area contributed by atoms with Crippen LogP contribution in [-0.4, -0.2) is 25.2 Å². The Morgan fingerprint density at radius 3 is 2.74 bits per heavy atom. The van der Waals surface area contributed by atoms with Crippen LogP contribution >= 0.6 is 22.6 Å². The molecule has 1 saturated carbocycles. The average molecular weight is 370 g/mol. The fraction of sp³-hybridized carbons (Fsp3) is 0.625. The predicted octanol–water partition coefficient (Wildman–Crippen LogP) is 3.50. The molecule has 2 aliphatic rings. The summed E-state index contributed by atoms with van der Waals surface area (Å²) in [5.74, 6) is 1.61. The minimum Gasteiger partial charge on any atom is -0.365 e. The summed E-state index contributed by atoms with van der Waals surface area (Å²) in [6, 6.07) is 10.3. The zero-order valence-electron chi connectivity index (χ0n) is 11.8. The molecule has 2 atom stereocenters. The maximum Gasteiger partial charge on any atom is 0.0438 e. The number of benzene rings is 1. The van der Waals surface area contributed by atoms with E-state index in [-0.39, 0.29) is 0 Å². The molecule has 19 heavy (non-hydrogen) atoms. The highest BCUT2D eigenvalue weighted by atomic mass is 127. The number of nitrogens with zero attached hydrogens (tertiary/aromatic N) is 1. The summed E-state index contributed by atoms with van der Waals surface area (Å²) in [5.41, 5.74) is 1.40. The van der Waals surface area contributed by atoms with Gasteiger partial charge in [-0.15, -0.1) is 0 Å². The van der Waals surface area contributed by atoms with E-state index in [0.29, 0.717) is 18.0 Å². The molecule has 1 aromatic carbocycles. The Morgan fingerprint density at radius 1 is 1.32 bits per heavy atom. The van der Waals surface area contributed by atoms with Gasteiger partial charge in [0.05, 0.1) is 0 Å². The lowest BCUT2D eigenvalue weighted by Crippen LogP contribution is -2.59. The van der Waals surface area contributed by atoms with E-state index in [1.807, 2.05) is 0 Å². The van der Waals surface area contributed by atoms with E-state index in [2.05, 4.69) is 70.9 Å². The molecule has 0 bridgehead atoms. The van der Waals surface area contributed by atoms with Crippen molar-refractivity contribution >= 4 is 28.3 Å². The molecule has 0 amide bonds. The second-order valence-electron chi connectivity index (χ2n) is 6.30. The molecule has 1 saturated heterocycles. The number of nitrogens with one attached hydrogen (secondary N) is 1. The van der Waals surface area contributed by atoms with Crippen LogP contribution in [0.1, 0.15) is 26.7 Å². The second kappa shape index (κ2) is 5.60. The van der Waals surface area contributed by atoms with Gasteiger partial charge < -0.3 is 10.2 Å². The van der Waals surface area contributed by atoms with E-state index < -0.39 is 0 Å². The van der Waals surface area contributed by atoms with Gasteiger partial charge in [0.2, 0.25) is 0 Å². The molecule has 0 aromatic heterocycles. The van der Waals surface area contributed by atoms with Gasteiger partial charge in [0, 0.05) is 34.4 Å². The first-order chi connectivity index (χ1) is 9.15. The van der Waals surface area contributed by atoms with E-state index >= 15 is 0 Å². The van der Waals surface area contributed by atoms with Crippen molar-refractivity contribution in [2.45, 2.75) is 38.8 Å². The highest BCUT2D eigenvalue weighted by Gasteiger charge is 2.38. The van der Waals surface area contributed by atoms with Crippen molar-refractivity contribution in [2.75, 3.05) is 18.0 Å². The Hall–Kier alpha value is -0.290.